The average Bonchev–Trinajstić information content (AvgIpc) is 3.25. The van der Waals surface area contributed by atoms with Gasteiger partial charge in [0, 0.05) is 23.2 Å². The third-order valence-electron chi connectivity index (χ3n) is 5.10. The van der Waals surface area contributed by atoms with Gasteiger partial charge in [0.25, 0.3) is 5.91 Å². The first-order valence-electron chi connectivity index (χ1n) is 9.97. The van der Waals surface area contributed by atoms with Crippen molar-refractivity contribution in [2.24, 2.45) is 0 Å². The van der Waals surface area contributed by atoms with Gasteiger partial charge in [-0.1, -0.05) is 30.3 Å². The van der Waals surface area contributed by atoms with Crippen LogP contribution in [-0.4, -0.2) is 30.0 Å². The number of halogens is 3. The van der Waals surface area contributed by atoms with Gasteiger partial charge < -0.3 is 9.64 Å². The molecule has 0 bridgehead atoms. The maximum atomic E-state index is 12.7. The molecule has 0 N–H and O–H groups in total. The van der Waals surface area contributed by atoms with Crippen LogP contribution in [0.4, 0.5) is 18.9 Å². The fourth-order valence-corrected chi connectivity index (χ4v) is 4.36. The molecule has 166 valence electrons. The number of esters is 1. The fourth-order valence-electron chi connectivity index (χ4n) is 3.53. The minimum atomic E-state index is -4.40. The molecule has 32 heavy (non-hydrogen) atoms. The van der Waals surface area contributed by atoms with Gasteiger partial charge in [0.1, 0.15) is 5.01 Å². The number of ether oxygens (including phenoxy) is 1. The number of hydrogen-bond acceptors (Lipinski definition) is 5. The van der Waals surface area contributed by atoms with Gasteiger partial charge >= 0.3 is 12.1 Å². The number of fused-ring (bicyclic) bond motifs is 1. The van der Waals surface area contributed by atoms with Crippen LogP contribution in [0.3, 0.4) is 0 Å². The van der Waals surface area contributed by atoms with E-state index in [-0.39, 0.29) is 18.9 Å². The molecule has 0 radical (unpaired) electrons. The second-order valence-electron chi connectivity index (χ2n) is 7.33. The lowest BCUT2D eigenvalue weighted by molar-refractivity contribution is -0.147. The topological polar surface area (TPSA) is 59.5 Å². The van der Waals surface area contributed by atoms with E-state index >= 15 is 0 Å². The summed E-state index contributed by atoms with van der Waals surface area (Å²) in [6.45, 7) is 0.221. The smallest absolute Gasteiger partial charge is 0.416 e. The zero-order valence-electron chi connectivity index (χ0n) is 16.9. The molecule has 1 aliphatic rings. The molecule has 3 aromatic rings. The molecule has 0 unspecified atom stereocenters. The number of carbonyl (C=O) groups excluding carboxylic acids is 2. The number of para-hydroxylation sites is 1. The fraction of sp³-hybridized carbons (Fsp3) is 0.261. The maximum Gasteiger partial charge on any atom is 0.416 e. The predicted molar refractivity (Wildman–Crippen MR) is 114 cm³/mol. The number of alkyl halides is 3. The summed E-state index contributed by atoms with van der Waals surface area (Å²) in [5, 5.41) is 2.15. The summed E-state index contributed by atoms with van der Waals surface area (Å²) < 4.78 is 43.3. The van der Waals surface area contributed by atoms with Crippen molar-refractivity contribution in [1.29, 1.82) is 0 Å². The summed E-state index contributed by atoms with van der Waals surface area (Å²) in [6, 6.07) is 12.3. The second-order valence-corrected chi connectivity index (χ2v) is 8.19. The molecule has 5 nitrogen and oxygen atoms in total. The van der Waals surface area contributed by atoms with E-state index in [0.717, 1.165) is 36.2 Å². The van der Waals surface area contributed by atoms with Gasteiger partial charge in [0.15, 0.2) is 6.61 Å². The quantitative estimate of drug-likeness (QED) is 0.509. The van der Waals surface area contributed by atoms with Crippen LogP contribution >= 0.6 is 11.3 Å². The van der Waals surface area contributed by atoms with Crippen LogP contribution in [0, 0.1) is 0 Å². The minimum Gasteiger partial charge on any atom is -0.455 e. The molecule has 9 heteroatoms. The highest BCUT2D eigenvalue weighted by Gasteiger charge is 2.30. The van der Waals surface area contributed by atoms with E-state index in [1.54, 1.807) is 10.3 Å². The number of nitrogens with zero attached hydrogens (tertiary/aromatic N) is 2. The van der Waals surface area contributed by atoms with E-state index in [9.17, 15) is 22.8 Å². The highest BCUT2D eigenvalue weighted by atomic mass is 32.1. The summed E-state index contributed by atoms with van der Waals surface area (Å²) in [5.74, 6) is -0.873. The van der Waals surface area contributed by atoms with E-state index in [1.807, 2.05) is 24.3 Å². The lowest BCUT2D eigenvalue weighted by Crippen LogP contribution is -2.38. The van der Waals surface area contributed by atoms with Gasteiger partial charge in [-0.15, -0.1) is 11.3 Å². The molecule has 1 amide bonds. The van der Waals surface area contributed by atoms with E-state index < -0.39 is 17.7 Å². The third kappa shape index (κ3) is 4.99. The second kappa shape index (κ2) is 9.12. The number of aromatic nitrogens is 1. The predicted octanol–water partition coefficient (Wildman–Crippen LogP) is 4.89. The van der Waals surface area contributed by atoms with Crippen molar-refractivity contribution in [3.8, 4) is 10.6 Å². The Hall–Kier alpha value is -3.20. The van der Waals surface area contributed by atoms with Crippen molar-refractivity contribution in [2.75, 3.05) is 18.1 Å². The average molecular weight is 460 g/mol. The zero-order valence-corrected chi connectivity index (χ0v) is 17.7. The summed E-state index contributed by atoms with van der Waals surface area (Å²) in [5.41, 5.74) is 2.17. The van der Waals surface area contributed by atoms with Crippen LogP contribution in [0.2, 0.25) is 0 Å². The Labute approximate surface area is 186 Å². The number of carbonyl (C=O) groups is 2. The van der Waals surface area contributed by atoms with E-state index in [1.165, 1.54) is 23.5 Å². The molecular formula is C23H19F3N2O3S. The van der Waals surface area contributed by atoms with E-state index in [4.69, 9.17) is 4.74 Å². The molecule has 2 aromatic carbocycles. The first-order valence-corrected chi connectivity index (χ1v) is 10.8. The number of anilines is 1. The molecule has 1 aliphatic heterocycles. The number of benzene rings is 2. The number of thiazole rings is 1. The van der Waals surface area contributed by atoms with Crippen molar-refractivity contribution >= 4 is 28.9 Å². The van der Waals surface area contributed by atoms with Gasteiger partial charge in [0.05, 0.1) is 17.7 Å². The van der Waals surface area contributed by atoms with Crippen LogP contribution < -0.4 is 4.90 Å². The molecule has 0 spiro atoms. The minimum absolute atomic E-state index is 0.124. The normalized spacial score (nSPS) is 13.5. The standard InChI is InChI=1S/C23H19F3N2O3S/c24-23(25,26)17-9-7-16(8-10-17)22-27-18(14-32-22)12-21(30)31-13-20(29)28-11-3-5-15-4-1-2-6-19(15)28/h1-2,4,6-10,14H,3,5,11-13H2. The molecule has 0 saturated heterocycles. The molecule has 0 saturated carbocycles. The third-order valence-corrected chi connectivity index (χ3v) is 6.04. The van der Waals surface area contributed by atoms with Gasteiger partial charge in [-0.3, -0.25) is 9.59 Å². The Morgan fingerprint density at radius 2 is 1.84 bits per heavy atom. The molecule has 4 rings (SSSR count). The van der Waals surface area contributed by atoms with Gasteiger partial charge in [-0.2, -0.15) is 13.2 Å². The molecule has 1 aromatic heterocycles. The number of amides is 1. The number of rotatable bonds is 5. The highest BCUT2D eigenvalue weighted by molar-refractivity contribution is 7.13. The van der Waals surface area contributed by atoms with Gasteiger partial charge in [-0.25, -0.2) is 4.98 Å². The Morgan fingerprint density at radius 3 is 2.59 bits per heavy atom. The monoisotopic (exact) mass is 460 g/mol. The van der Waals surface area contributed by atoms with E-state index in [0.29, 0.717) is 22.8 Å². The van der Waals surface area contributed by atoms with Crippen LogP contribution in [0.25, 0.3) is 10.6 Å². The Morgan fingerprint density at radius 1 is 1.09 bits per heavy atom. The largest absolute Gasteiger partial charge is 0.455 e. The number of hydrogen-bond donors (Lipinski definition) is 0. The van der Waals surface area contributed by atoms with Crippen molar-refractivity contribution in [3.05, 3.63) is 70.7 Å². The Balaban J connectivity index is 1.33. The molecule has 0 atom stereocenters. The zero-order chi connectivity index (χ0) is 22.7. The lowest BCUT2D eigenvalue weighted by atomic mass is 10.0. The van der Waals surface area contributed by atoms with E-state index in [2.05, 4.69) is 4.98 Å². The van der Waals surface area contributed by atoms with Crippen molar-refractivity contribution in [3.63, 3.8) is 0 Å². The summed E-state index contributed by atoms with van der Waals surface area (Å²) in [4.78, 5) is 30.7. The number of aryl methyl sites for hydroxylation is 1. The molecule has 0 aliphatic carbocycles. The van der Waals surface area contributed by atoms with Crippen molar-refractivity contribution < 1.29 is 27.5 Å². The van der Waals surface area contributed by atoms with Gasteiger partial charge in [0.2, 0.25) is 0 Å². The molecule has 2 heterocycles. The Kier molecular flexibility index (Phi) is 6.27. The highest BCUT2D eigenvalue weighted by Crippen LogP contribution is 2.32. The van der Waals surface area contributed by atoms with Crippen LogP contribution in [0.5, 0.6) is 0 Å². The van der Waals surface area contributed by atoms with Crippen LogP contribution in [0.15, 0.2) is 53.9 Å². The SMILES string of the molecule is O=C(Cc1csc(-c2ccc(C(F)(F)F)cc2)n1)OCC(=O)N1CCCc2ccccc21. The van der Waals surface area contributed by atoms with Crippen LogP contribution in [-0.2, 0) is 33.3 Å². The van der Waals surface area contributed by atoms with Crippen molar-refractivity contribution in [1.82, 2.24) is 4.98 Å². The van der Waals surface area contributed by atoms with Crippen molar-refractivity contribution in [2.45, 2.75) is 25.4 Å². The summed E-state index contributed by atoms with van der Waals surface area (Å²) in [6.07, 6.45) is -2.77. The van der Waals surface area contributed by atoms with Crippen LogP contribution in [0.1, 0.15) is 23.2 Å². The molecule has 0 fully saturated rings. The maximum absolute atomic E-state index is 12.7. The first kappa shape index (κ1) is 22.0. The Bertz CT molecular complexity index is 1130. The first-order chi connectivity index (χ1) is 15.3. The molecular weight excluding hydrogens is 441 g/mol. The summed E-state index contributed by atoms with van der Waals surface area (Å²) >= 11 is 1.22. The van der Waals surface area contributed by atoms with Gasteiger partial charge in [-0.05, 0) is 36.6 Å². The lowest BCUT2D eigenvalue weighted by Gasteiger charge is -2.29. The summed E-state index contributed by atoms with van der Waals surface area (Å²) in [7, 11) is 0.